The average molecular weight is 348 g/mol. The van der Waals surface area contributed by atoms with Crippen molar-refractivity contribution in [1.29, 1.82) is 0 Å². The van der Waals surface area contributed by atoms with E-state index < -0.39 is 0 Å². The Balaban J connectivity index is 1.55. The Morgan fingerprint density at radius 1 is 1.38 bits per heavy atom. The van der Waals surface area contributed by atoms with E-state index >= 15 is 0 Å². The van der Waals surface area contributed by atoms with Gasteiger partial charge in [-0.2, -0.15) is 0 Å². The number of nitrogens with zero attached hydrogens (tertiary/aromatic N) is 2. The van der Waals surface area contributed by atoms with Crippen LogP contribution in [0.4, 0.5) is 4.79 Å². The minimum absolute atomic E-state index is 0.0475. The molecule has 2 aliphatic rings. The lowest BCUT2D eigenvalue weighted by Crippen LogP contribution is -2.50. The van der Waals surface area contributed by atoms with Crippen molar-refractivity contribution in [3.63, 3.8) is 0 Å². The molecule has 130 valence electrons. The topological polar surface area (TPSA) is 49.9 Å². The molecule has 2 fully saturated rings. The maximum absolute atomic E-state index is 12.3. The lowest BCUT2D eigenvalue weighted by atomic mass is 9.97. The Bertz CT molecular complexity index is 604. The lowest BCUT2D eigenvalue weighted by molar-refractivity contribution is -0.127. The van der Waals surface area contributed by atoms with Crippen molar-refractivity contribution in [3.8, 4) is 0 Å². The van der Waals surface area contributed by atoms with Crippen LogP contribution in [-0.4, -0.2) is 53.6 Å². The van der Waals surface area contributed by atoms with E-state index in [4.69, 9.17) is 4.74 Å². The van der Waals surface area contributed by atoms with Gasteiger partial charge in [0.05, 0.1) is 6.04 Å². The zero-order valence-electron chi connectivity index (χ0n) is 14.2. The molecular weight excluding hydrogens is 324 g/mol. The minimum atomic E-state index is -0.198. The first-order valence-corrected chi connectivity index (χ1v) is 9.40. The fourth-order valence-corrected chi connectivity index (χ4v) is 4.01. The highest BCUT2D eigenvalue weighted by atomic mass is 32.1. The second-order valence-electron chi connectivity index (χ2n) is 6.70. The van der Waals surface area contributed by atoms with Gasteiger partial charge in [-0.1, -0.05) is 19.9 Å². The van der Waals surface area contributed by atoms with E-state index in [1.807, 2.05) is 33.4 Å². The van der Waals surface area contributed by atoms with Crippen molar-refractivity contribution < 1.29 is 14.3 Å². The zero-order chi connectivity index (χ0) is 17.1. The van der Waals surface area contributed by atoms with Crippen LogP contribution in [0.25, 0.3) is 6.08 Å². The molecule has 0 spiro atoms. The first-order valence-electron chi connectivity index (χ1n) is 8.52. The first-order chi connectivity index (χ1) is 11.6. The molecule has 3 rings (SSSR count). The number of hydrogen-bond acceptors (Lipinski definition) is 4. The van der Waals surface area contributed by atoms with Crippen molar-refractivity contribution in [2.24, 2.45) is 5.92 Å². The molecule has 1 atom stereocenters. The normalized spacial score (nSPS) is 22.6. The summed E-state index contributed by atoms with van der Waals surface area (Å²) in [5, 5.41) is 2.00. The number of likely N-dealkylation sites (tertiary alicyclic amines) is 1. The minimum Gasteiger partial charge on any atom is -0.447 e. The Hall–Kier alpha value is -1.82. The van der Waals surface area contributed by atoms with Gasteiger partial charge in [-0.05, 0) is 36.3 Å². The Labute approximate surface area is 146 Å². The van der Waals surface area contributed by atoms with Gasteiger partial charge in [0, 0.05) is 30.1 Å². The molecule has 0 N–H and O–H groups in total. The second-order valence-corrected chi connectivity index (χ2v) is 7.68. The molecule has 2 aliphatic heterocycles. The number of piperidine rings is 1. The quantitative estimate of drug-likeness (QED) is 0.785. The van der Waals surface area contributed by atoms with Gasteiger partial charge in [-0.3, -0.25) is 9.69 Å². The number of rotatable bonds is 4. The van der Waals surface area contributed by atoms with Gasteiger partial charge in [-0.25, -0.2) is 4.79 Å². The molecule has 0 saturated carbocycles. The molecule has 5 nitrogen and oxygen atoms in total. The number of hydrogen-bond donors (Lipinski definition) is 0. The highest BCUT2D eigenvalue weighted by molar-refractivity contribution is 7.10. The first kappa shape index (κ1) is 17.0. The third kappa shape index (κ3) is 3.64. The molecule has 0 radical (unpaired) electrons. The molecule has 24 heavy (non-hydrogen) atoms. The Kier molecular flexibility index (Phi) is 5.23. The van der Waals surface area contributed by atoms with E-state index in [1.54, 1.807) is 17.4 Å². The summed E-state index contributed by atoms with van der Waals surface area (Å²) in [6.45, 7) is 6.10. The summed E-state index contributed by atoms with van der Waals surface area (Å²) in [6, 6.07) is 4.30. The molecule has 0 bridgehead atoms. The summed E-state index contributed by atoms with van der Waals surface area (Å²) in [5.41, 5.74) is 0. The van der Waals surface area contributed by atoms with Crippen LogP contribution in [0.2, 0.25) is 0 Å². The lowest BCUT2D eigenvalue weighted by Gasteiger charge is -2.38. The van der Waals surface area contributed by atoms with Crippen LogP contribution in [0.1, 0.15) is 31.6 Å². The number of carbonyl (C=O) groups is 2. The van der Waals surface area contributed by atoms with Crippen molar-refractivity contribution >= 4 is 29.4 Å². The van der Waals surface area contributed by atoms with Crippen molar-refractivity contribution in [2.75, 3.05) is 19.7 Å². The number of amides is 2. The van der Waals surface area contributed by atoms with Gasteiger partial charge in [0.25, 0.3) is 0 Å². The van der Waals surface area contributed by atoms with Crippen LogP contribution in [0.3, 0.4) is 0 Å². The van der Waals surface area contributed by atoms with Gasteiger partial charge < -0.3 is 9.64 Å². The highest BCUT2D eigenvalue weighted by Gasteiger charge is 2.40. The fourth-order valence-electron chi connectivity index (χ4n) is 3.39. The predicted molar refractivity (Wildman–Crippen MR) is 94.8 cm³/mol. The van der Waals surface area contributed by atoms with Crippen LogP contribution in [0.15, 0.2) is 23.6 Å². The molecule has 0 aromatic carbocycles. The number of ether oxygens (including phenoxy) is 1. The van der Waals surface area contributed by atoms with Crippen molar-refractivity contribution in [1.82, 2.24) is 9.80 Å². The second kappa shape index (κ2) is 7.38. The average Bonchev–Trinajstić information content (AvgIpc) is 3.22. The van der Waals surface area contributed by atoms with Gasteiger partial charge in [0.1, 0.15) is 6.61 Å². The van der Waals surface area contributed by atoms with Crippen LogP contribution < -0.4 is 0 Å². The molecule has 2 amide bonds. The van der Waals surface area contributed by atoms with Gasteiger partial charge in [0.15, 0.2) is 0 Å². The van der Waals surface area contributed by atoms with Gasteiger partial charge in [0.2, 0.25) is 5.91 Å². The highest BCUT2D eigenvalue weighted by Crippen LogP contribution is 2.27. The van der Waals surface area contributed by atoms with E-state index in [0.717, 1.165) is 17.7 Å². The molecular formula is C18H24N2O3S. The summed E-state index contributed by atoms with van der Waals surface area (Å²) in [6.07, 6.45) is 4.95. The number of cyclic esters (lactones) is 1. The summed E-state index contributed by atoms with van der Waals surface area (Å²) >= 11 is 1.62. The molecule has 6 heteroatoms. The van der Waals surface area contributed by atoms with E-state index in [2.05, 4.69) is 13.8 Å². The Morgan fingerprint density at radius 3 is 2.75 bits per heavy atom. The third-order valence-electron chi connectivity index (χ3n) is 4.82. The summed E-state index contributed by atoms with van der Waals surface area (Å²) in [4.78, 5) is 29.2. The SMILES string of the molecule is CC(C)C1COC(=O)N1C1CCN(C(=O)C=Cc2cccs2)CC1. The Morgan fingerprint density at radius 2 is 2.12 bits per heavy atom. The summed E-state index contributed by atoms with van der Waals surface area (Å²) in [5.74, 6) is 0.427. The zero-order valence-corrected chi connectivity index (χ0v) is 15.0. The van der Waals surface area contributed by atoms with Crippen molar-refractivity contribution in [3.05, 3.63) is 28.5 Å². The smallest absolute Gasteiger partial charge is 0.410 e. The number of thiophene rings is 1. The van der Waals surface area contributed by atoms with E-state index in [1.165, 1.54) is 0 Å². The van der Waals surface area contributed by atoms with E-state index in [-0.39, 0.29) is 24.1 Å². The molecule has 1 unspecified atom stereocenters. The summed E-state index contributed by atoms with van der Waals surface area (Å²) in [7, 11) is 0. The summed E-state index contributed by atoms with van der Waals surface area (Å²) < 4.78 is 5.24. The van der Waals surface area contributed by atoms with Gasteiger partial charge in [-0.15, -0.1) is 11.3 Å². The molecule has 0 aliphatic carbocycles. The monoisotopic (exact) mass is 348 g/mol. The van der Waals surface area contributed by atoms with Crippen LogP contribution in [0.5, 0.6) is 0 Å². The standard InChI is InChI=1S/C18H24N2O3S/c1-13(2)16-12-23-18(22)20(16)14-7-9-19(10-8-14)17(21)6-5-15-4-3-11-24-15/h3-6,11,13-14,16H,7-10,12H2,1-2H3. The molecule has 3 heterocycles. The van der Waals surface area contributed by atoms with E-state index in [9.17, 15) is 9.59 Å². The molecule has 1 aromatic heterocycles. The maximum Gasteiger partial charge on any atom is 0.410 e. The molecule has 2 saturated heterocycles. The maximum atomic E-state index is 12.3. The van der Waals surface area contributed by atoms with Crippen LogP contribution >= 0.6 is 11.3 Å². The molecule has 1 aromatic rings. The third-order valence-corrected chi connectivity index (χ3v) is 5.66. The van der Waals surface area contributed by atoms with Gasteiger partial charge >= 0.3 is 6.09 Å². The van der Waals surface area contributed by atoms with Crippen LogP contribution in [-0.2, 0) is 9.53 Å². The van der Waals surface area contributed by atoms with Crippen LogP contribution in [0, 0.1) is 5.92 Å². The largest absolute Gasteiger partial charge is 0.447 e. The van der Waals surface area contributed by atoms with E-state index in [0.29, 0.717) is 25.6 Å². The van der Waals surface area contributed by atoms with Crippen molar-refractivity contribution in [2.45, 2.75) is 38.8 Å². The number of carbonyl (C=O) groups excluding carboxylic acids is 2. The fraction of sp³-hybridized carbons (Fsp3) is 0.556. The predicted octanol–water partition coefficient (Wildman–Crippen LogP) is 3.23.